The van der Waals surface area contributed by atoms with Crippen LogP contribution in [0.2, 0.25) is 0 Å². The van der Waals surface area contributed by atoms with Crippen LogP contribution in [0.3, 0.4) is 0 Å². The Morgan fingerprint density at radius 3 is 2.88 bits per heavy atom. The number of hydrogen-bond donors (Lipinski definition) is 0. The van der Waals surface area contributed by atoms with Crippen molar-refractivity contribution in [2.45, 2.75) is 19.8 Å². The SMILES string of the molecule is CCc1cccc2c(C(=O)CC#N)cn(C)c12. The van der Waals surface area contributed by atoms with Crippen LogP contribution in [0.25, 0.3) is 10.9 Å². The third kappa shape index (κ3) is 1.83. The highest BCUT2D eigenvalue weighted by atomic mass is 16.1. The number of benzene rings is 1. The third-order valence-electron chi connectivity index (χ3n) is 3.01. The lowest BCUT2D eigenvalue weighted by atomic mass is 10.0. The summed E-state index contributed by atoms with van der Waals surface area (Å²) in [6.45, 7) is 2.10. The topological polar surface area (TPSA) is 45.8 Å². The van der Waals surface area contributed by atoms with Gasteiger partial charge < -0.3 is 4.57 Å². The molecular weight excluding hydrogens is 212 g/mol. The molecule has 0 saturated heterocycles. The van der Waals surface area contributed by atoms with Crippen LogP contribution in [0.5, 0.6) is 0 Å². The van der Waals surface area contributed by atoms with E-state index in [1.54, 1.807) is 0 Å². The lowest BCUT2D eigenvalue weighted by Gasteiger charge is -2.02. The second-order valence-electron chi connectivity index (χ2n) is 4.08. The molecule has 86 valence electrons. The Morgan fingerprint density at radius 1 is 1.47 bits per heavy atom. The molecule has 0 unspecified atom stereocenters. The molecule has 0 bridgehead atoms. The maximum absolute atomic E-state index is 11.8. The summed E-state index contributed by atoms with van der Waals surface area (Å²) >= 11 is 0. The average Bonchev–Trinajstić information content (AvgIpc) is 2.67. The van der Waals surface area contributed by atoms with Crippen molar-refractivity contribution >= 4 is 16.7 Å². The fraction of sp³-hybridized carbons (Fsp3) is 0.286. The summed E-state index contributed by atoms with van der Waals surface area (Å²) in [6, 6.07) is 7.89. The van der Waals surface area contributed by atoms with Crippen LogP contribution < -0.4 is 0 Å². The monoisotopic (exact) mass is 226 g/mol. The first-order valence-electron chi connectivity index (χ1n) is 5.66. The van der Waals surface area contributed by atoms with E-state index in [-0.39, 0.29) is 12.2 Å². The van der Waals surface area contributed by atoms with Crippen molar-refractivity contribution in [1.29, 1.82) is 5.26 Å². The van der Waals surface area contributed by atoms with Gasteiger partial charge in [-0.1, -0.05) is 25.1 Å². The van der Waals surface area contributed by atoms with Gasteiger partial charge in [-0.25, -0.2) is 0 Å². The van der Waals surface area contributed by atoms with Crippen LogP contribution in [0.15, 0.2) is 24.4 Å². The molecule has 1 aromatic carbocycles. The zero-order chi connectivity index (χ0) is 12.4. The normalized spacial score (nSPS) is 10.4. The molecule has 0 radical (unpaired) electrons. The van der Waals surface area contributed by atoms with Gasteiger partial charge in [-0.15, -0.1) is 0 Å². The van der Waals surface area contributed by atoms with Gasteiger partial charge >= 0.3 is 0 Å². The van der Waals surface area contributed by atoms with Crippen molar-refractivity contribution in [3.8, 4) is 6.07 Å². The highest BCUT2D eigenvalue weighted by Gasteiger charge is 2.14. The summed E-state index contributed by atoms with van der Waals surface area (Å²) in [5.41, 5.74) is 2.97. The molecule has 0 spiro atoms. The summed E-state index contributed by atoms with van der Waals surface area (Å²) in [7, 11) is 1.94. The van der Waals surface area contributed by atoms with Crippen LogP contribution in [0.4, 0.5) is 0 Å². The van der Waals surface area contributed by atoms with Gasteiger partial charge in [0, 0.05) is 24.2 Å². The van der Waals surface area contributed by atoms with E-state index < -0.39 is 0 Å². The Balaban J connectivity index is 2.69. The van der Waals surface area contributed by atoms with Gasteiger partial charge in [-0.05, 0) is 12.0 Å². The van der Waals surface area contributed by atoms with Crippen molar-refractivity contribution in [3.63, 3.8) is 0 Å². The van der Waals surface area contributed by atoms with Crippen molar-refractivity contribution < 1.29 is 4.79 Å². The van der Waals surface area contributed by atoms with Gasteiger partial charge in [0.05, 0.1) is 18.0 Å². The van der Waals surface area contributed by atoms with E-state index in [1.807, 2.05) is 36.0 Å². The number of Topliss-reactive ketones (excluding diaryl/α,β-unsaturated/α-hetero) is 1. The number of aromatic nitrogens is 1. The molecule has 3 heteroatoms. The first kappa shape index (κ1) is 11.4. The van der Waals surface area contributed by atoms with Gasteiger partial charge in [0.2, 0.25) is 0 Å². The molecule has 3 nitrogen and oxygen atoms in total. The molecule has 0 aliphatic rings. The Bertz CT molecular complexity index is 617. The van der Waals surface area contributed by atoms with Crippen LogP contribution in [0.1, 0.15) is 29.3 Å². The van der Waals surface area contributed by atoms with E-state index >= 15 is 0 Å². The fourth-order valence-corrected chi connectivity index (χ4v) is 2.23. The van der Waals surface area contributed by atoms with Gasteiger partial charge in [0.1, 0.15) is 0 Å². The number of carbonyl (C=O) groups is 1. The van der Waals surface area contributed by atoms with Crippen molar-refractivity contribution in [2.75, 3.05) is 0 Å². The van der Waals surface area contributed by atoms with E-state index in [1.165, 1.54) is 5.56 Å². The van der Waals surface area contributed by atoms with Crippen LogP contribution in [-0.4, -0.2) is 10.4 Å². The molecule has 0 atom stereocenters. The van der Waals surface area contributed by atoms with E-state index in [4.69, 9.17) is 5.26 Å². The minimum atomic E-state index is -0.105. The molecule has 1 heterocycles. The first-order valence-corrected chi connectivity index (χ1v) is 5.66. The molecule has 0 aliphatic carbocycles. The van der Waals surface area contributed by atoms with Crippen molar-refractivity contribution in [3.05, 3.63) is 35.5 Å². The van der Waals surface area contributed by atoms with Gasteiger partial charge in [-0.2, -0.15) is 5.26 Å². The summed E-state index contributed by atoms with van der Waals surface area (Å²) in [6.07, 6.45) is 2.69. The molecule has 0 fully saturated rings. The minimum absolute atomic E-state index is 0.0601. The molecule has 1 aromatic heterocycles. The lowest BCUT2D eigenvalue weighted by Crippen LogP contribution is -1.95. The van der Waals surface area contributed by atoms with Crippen molar-refractivity contribution in [1.82, 2.24) is 4.57 Å². The summed E-state index contributed by atoms with van der Waals surface area (Å²) < 4.78 is 1.97. The Hall–Kier alpha value is -2.08. The Morgan fingerprint density at radius 2 is 2.24 bits per heavy atom. The molecule has 0 amide bonds. The molecule has 0 saturated carbocycles. The number of rotatable bonds is 3. The van der Waals surface area contributed by atoms with Gasteiger partial charge in [-0.3, -0.25) is 4.79 Å². The van der Waals surface area contributed by atoms with Crippen LogP contribution in [0, 0.1) is 11.3 Å². The minimum Gasteiger partial charge on any atom is -0.350 e. The smallest absolute Gasteiger partial charge is 0.179 e. The van der Waals surface area contributed by atoms with E-state index in [9.17, 15) is 4.79 Å². The predicted molar refractivity (Wildman–Crippen MR) is 66.9 cm³/mol. The second kappa shape index (κ2) is 4.42. The summed E-state index contributed by atoms with van der Waals surface area (Å²) in [5.74, 6) is -0.105. The number of hydrogen-bond acceptors (Lipinski definition) is 2. The second-order valence-corrected chi connectivity index (χ2v) is 4.08. The van der Waals surface area contributed by atoms with Gasteiger partial charge in [0.15, 0.2) is 5.78 Å². The Kier molecular flexibility index (Phi) is 2.97. The quantitative estimate of drug-likeness (QED) is 0.755. The number of para-hydroxylation sites is 1. The Labute approximate surface area is 100 Å². The highest BCUT2D eigenvalue weighted by molar-refractivity contribution is 6.09. The maximum atomic E-state index is 11.8. The van der Waals surface area contributed by atoms with Gasteiger partial charge in [0.25, 0.3) is 0 Å². The average molecular weight is 226 g/mol. The predicted octanol–water partition coefficient (Wildman–Crippen LogP) is 2.84. The molecule has 0 aliphatic heterocycles. The summed E-state index contributed by atoms with van der Waals surface area (Å²) in [5, 5.41) is 9.55. The molecule has 17 heavy (non-hydrogen) atoms. The number of carbonyl (C=O) groups excluding carboxylic acids is 1. The first-order chi connectivity index (χ1) is 8.19. The highest BCUT2D eigenvalue weighted by Crippen LogP contribution is 2.25. The fourth-order valence-electron chi connectivity index (χ4n) is 2.23. The van der Waals surface area contributed by atoms with E-state index in [2.05, 4.69) is 13.0 Å². The molecular formula is C14H14N2O. The molecule has 2 rings (SSSR count). The van der Waals surface area contributed by atoms with Crippen LogP contribution >= 0.6 is 0 Å². The van der Waals surface area contributed by atoms with E-state index in [0.717, 1.165) is 17.3 Å². The van der Waals surface area contributed by atoms with Crippen molar-refractivity contribution in [2.24, 2.45) is 7.05 Å². The number of fused-ring (bicyclic) bond motifs is 1. The molecule has 0 N–H and O–H groups in total. The number of aryl methyl sites for hydroxylation is 2. The zero-order valence-electron chi connectivity index (χ0n) is 10.0. The van der Waals surface area contributed by atoms with E-state index in [0.29, 0.717) is 5.56 Å². The number of ketones is 1. The number of nitrogens with zero attached hydrogens (tertiary/aromatic N) is 2. The van der Waals surface area contributed by atoms with Crippen LogP contribution in [-0.2, 0) is 13.5 Å². The molecule has 2 aromatic rings. The zero-order valence-corrected chi connectivity index (χ0v) is 10.0. The summed E-state index contributed by atoms with van der Waals surface area (Å²) in [4.78, 5) is 11.8. The largest absolute Gasteiger partial charge is 0.350 e. The maximum Gasteiger partial charge on any atom is 0.179 e. The number of nitriles is 1. The lowest BCUT2D eigenvalue weighted by molar-refractivity contribution is 0.0999. The third-order valence-corrected chi connectivity index (χ3v) is 3.01. The standard InChI is InChI=1S/C14H14N2O/c1-3-10-5-4-6-11-12(13(17)7-8-15)9-16(2)14(10)11/h4-6,9H,3,7H2,1-2H3.